The molecule has 1 aliphatic rings. The van der Waals surface area contributed by atoms with E-state index in [1.807, 2.05) is 0 Å². The maximum absolute atomic E-state index is 11.6. The van der Waals surface area contributed by atoms with E-state index in [-0.39, 0.29) is 0 Å². The van der Waals surface area contributed by atoms with Crippen LogP contribution >= 0.6 is 7.82 Å². The second-order valence-electron chi connectivity index (χ2n) is 4.40. The fourth-order valence-corrected chi connectivity index (χ4v) is 2.41. The second kappa shape index (κ2) is 7.90. The van der Waals surface area contributed by atoms with Crippen molar-refractivity contribution < 1.29 is 53.9 Å². The van der Waals surface area contributed by atoms with Crippen LogP contribution in [-0.4, -0.2) is 92.2 Å². The van der Waals surface area contributed by atoms with Gasteiger partial charge >= 0.3 is 7.82 Å². The van der Waals surface area contributed by atoms with E-state index in [1.165, 1.54) is 0 Å². The molecule has 7 atom stereocenters. The Labute approximate surface area is 119 Å². The van der Waals surface area contributed by atoms with Crippen molar-refractivity contribution in [3.63, 3.8) is 0 Å². The minimum absolute atomic E-state index is 0.708. The molecule has 0 aliphatic carbocycles. The third-order valence-corrected chi connectivity index (χ3v) is 3.68. The molecular weight excluding hydrogens is 315 g/mol. The van der Waals surface area contributed by atoms with Crippen molar-refractivity contribution in [1.29, 1.82) is 0 Å². The normalized spacial score (nSPS) is 38.0. The van der Waals surface area contributed by atoms with E-state index < -0.39 is 64.5 Å². The van der Waals surface area contributed by atoms with Gasteiger partial charge in [0.05, 0.1) is 19.8 Å². The summed E-state index contributed by atoms with van der Waals surface area (Å²) < 4.78 is 25.2. The van der Waals surface area contributed by atoms with E-state index in [9.17, 15) is 24.8 Å². The topological polar surface area (TPSA) is 186 Å². The standard InChI is InChI=1S/C9H19O11P/c10-1-4(12)3-18-21(16,17)20-9-8(15)7(14)6(13)5(2-11)19-9/h4-15H,1-3H2,(H,16,17)/t4?,5-,6-,7+,8-,9+/m1/s1. The summed E-state index contributed by atoms with van der Waals surface area (Å²) in [7, 11) is -4.78. The first kappa shape index (κ1) is 18.9. The van der Waals surface area contributed by atoms with Crippen molar-refractivity contribution in [3.8, 4) is 0 Å². The smallest absolute Gasteiger partial charge is 0.394 e. The van der Waals surface area contributed by atoms with Crippen LogP contribution in [-0.2, 0) is 18.3 Å². The molecule has 0 saturated carbocycles. The predicted octanol–water partition coefficient (Wildman–Crippen LogP) is -3.73. The Morgan fingerprint density at radius 1 is 1.14 bits per heavy atom. The van der Waals surface area contributed by atoms with Crippen molar-refractivity contribution in [2.45, 2.75) is 36.8 Å². The largest absolute Gasteiger partial charge is 0.474 e. The number of ether oxygens (including phenoxy) is 1. The lowest BCUT2D eigenvalue weighted by Gasteiger charge is -2.39. The highest BCUT2D eigenvalue weighted by molar-refractivity contribution is 7.47. The molecule has 0 aromatic carbocycles. The van der Waals surface area contributed by atoms with Gasteiger partial charge in [-0.3, -0.25) is 9.05 Å². The predicted molar refractivity (Wildman–Crippen MR) is 63.7 cm³/mol. The van der Waals surface area contributed by atoms with Crippen molar-refractivity contribution in [1.82, 2.24) is 0 Å². The maximum Gasteiger partial charge on any atom is 0.474 e. The number of rotatable bonds is 7. The zero-order chi connectivity index (χ0) is 16.2. The van der Waals surface area contributed by atoms with Gasteiger partial charge in [-0.1, -0.05) is 0 Å². The van der Waals surface area contributed by atoms with Gasteiger partial charge in [-0.15, -0.1) is 0 Å². The number of phosphoric ester groups is 1. The first-order valence-corrected chi connectivity index (χ1v) is 7.46. The number of aliphatic hydroxyl groups is 6. The molecule has 0 radical (unpaired) electrons. The van der Waals surface area contributed by atoms with Crippen LogP contribution in [0.15, 0.2) is 0 Å². The SMILES string of the molecule is O=P(O)(OCC(O)CO)O[C@@H]1O[C@H](CO)[C@@H](O)[C@H](O)[C@H]1O. The molecule has 0 bridgehead atoms. The molecule has 2 unspecified atom stereocenters. The third kappa shape index (κ3) is 5.20. The zero-order valence-corrected chi connectivity index (χ0v) is 11.7. The fraction of sp³-hybridized carbons (Fsp3) is 1.00. The van der Waals surface area contributed by atoms with Gasteiger partial charge in [0.15, 0.2) is 6.29 Å². The highest BCUT2D eigenvalue weighted by atomic mass is 31.2. The third-order valence-electron chi connectivity index (χ3n) is 2.73. The number of phosphoric acid groups is 1. The molecule has 7 N–H and O–H groups in total. The van der Waals surface area contributed by atoms with E-state index in [1.54, 1.807) is 0 Å². The van der Waals surface area contributed by atoms with E-state index in [2.05, 4.69) is 9.05 Å². The molecule has 1 saturated heterocycles. The summed E-state index contributed by atoms with van der Waals surface area (Å²) in [5.41, 5.74) is 0. The van der Waals surface area contributed by atoms with Gasteiger partial charge in [0.1, 0.15) is 30.5 Å². The summed E-state index contributed by atoms with van der Waals surface area (Å²) in [5, 5.41) is 55.0. The molecule has 12 heteroatoms. The average molecular weight is 334 g/mol. The van der Waals surface area contributed by atoms with Crippen molar-refractivity contribution in [3.05, 3.63) is 0 Å². The van der Waals surface area contributed by atoms with Crippen LogP contribution in [0.3, 0.4) is 0 Å². The Balaban J connectivity index is 2.65. The zero-order valence-electron chi connectivity index (χ0n) is 10.8. The van der Waals surface area contributed by atoms with Gasteiger partial charge in [0, 0.05) is 0 Å². The Kier molecular flexibility index (Phi) is 7.10. The Morgan fingerprint density at radius 3 is 2.29 bits per heavy atom. The van der Waals surface area contributed by atoms with Gasteiger partial charge in [-0.2, -0.15) is 0 Å². The minimum atomic E-state index is -4.78. The fourth-order valence-electron chi connectivity index (χ4n) is 1.55. The molecule has 0 aromatic rings. The number of aliphatic hydroxyl groups excluding tert-OH is 6. The van der Waals surface area contributed by atoms with Crippen molar-refractivity contribution in [2.24, 2.45) is 0 Å². The van der Waals surface area contributed by atoms with Crippen LogP contribution in [0.4, 0.5) is 0 Å². The van der Waals surface area contributed by atoms with Crippen LogP contribution < -0.4 is 0 Å². The van der Waals surface area contributed by atoms with E-state index >= 15 is 0 Å². The average Bonchev–Trinajstić information content (AvgIpc) is 2.45. The van der Waals surface area contributed by atoms with Crippen LogP contribution in [0.2, 0.25) is 0 Å². The van der Waals surface area contributed by atoms with Gasteiger partial charge in [-0.05, 0) is 0 Å². The molecule has 0 spiro atoms. The summed E-state index contributed by atoms with van der Waals surface area (Å²) in [4.78, 5) is 9.36. The van der Waals surface area contributed by atoms with E-state index in [0.717, 1.165) is 0 Å². The Morgan fingerprint density at radius 2 is 1.76 bits per heavy atom. The van der Waals surface area contributed by atoms with Crippen LogP contribution in [0, 0.1) is 0 Å². The highest BCUT2D eigenvalue weighted by Crippen LogP contribution is 2.46. The molecule has 1 aliphatic heterocycles. The molecule has 1 heterocycles. The summed E-state index contributed by atoms with van der Waals surface area (Å²) >= 11 is 0. The monoisotopic (exact) mass is 334 g/mol. The van der Waals surface area contributed by atoms with Crippen molar-refractivity contribution >= 4 is 7.82 Å². The van der Waals surface area contributed by atoms with Crippen LogP contribution in [0.5, 0.6) is 0 Å². The quantitative estimate of drug-likeness (QED) is 0.227. The van der Waals surface area contributed by atoms with Crippen LogP contribution in [0.25, 0.3) is 0 Å². The van der Waals surface area contributed by atoms with E-state index in [4.69, 9.17) is 20.1 Å². The van der Waals surface area contributed by atoms with Crippen molar-refractivity contribution in [2.75, 3.05) is 19.8 Å². The molecular formula is C9H19O11P. The Bertz CT molecular complexity index is 364. The summed E-state index contributed by atoms with van der Waals surface area (Å²) in [6.07, 6.45) is -9.85. The second-order valence-corrected chi connectivity index (χ2v) is 5.81. The lowest BCUT2D eigenvalue weighted by atomic mass is 10.00. The molecule has 11 nitrogen and oxygen atoms in total. The minimum Gasteiger partial charge on any atom is -0.394 e. The molecule has 126 valence electrons. The molecule has 1 fully saturated rings. The maximum atomic E-state index is 11.6. The number of hydrogen-bond acceptors (Lipinski definition) is 10. The molecule has 0 aromatic heterocycles. The lowest BCUT2D eigenvalue weighted by molar-refractivity contribution is -0.281. The first-order chi connectivity index (χ1) is 9.71. The van der Waals surface area contributed by atoms with Crippen LogP contribution in [0.1, 0.15) is 0 Å². The van der Waals surface area contributed by atoms with E-state index in [0.29, 0.717) is 0 Å². The molecule has 21 heavy (non-hydrogen) atoms. The molecule has 1 rings (SSSR count). The summed E-state index contributed by atoms with van der Waals surface area (Å²) in [6.45, 7) is -2.16. The van der Waals surface area contributed by atoms with Gasteiger partial charge in [-0.25, -0.2) is 4.57 Å². The Hall–Kier alpha value is -0.170. The lowest BCUT2D eigenvalue weighted by Crippen LogP contribution is -2.58. The summed E-state index contributed by atoms with van der Waals surface area (Å²) in [6, 6.07) is 0. The van der Waals surface area contributed by atoms with Gasteiger partial charge in [0.2, 0.25) is 0 Å². The first-order valence-electron chi connectivity index (χ1n) is 5.97. The van der Waals surface area contributed by atoms with Gasteiger partial charge < -0.3 is 40.3 Å². The number of hydrogen-bond donors (Lipinski definition) is 7. The summed E-state index contributed by atoms with van der Waals surface area (Å²) in [5.74, 6) is 0. The highest BCUT2D eigenvalue weighted by Gasteiger charge is 2.46. The molecule has 0 amide bonds. The van der Waals surface area contributed by atoms with Gasteiger partial charge in [0.25, 0.3) is 0 Å².